The van der Waals surface area contributed by atoms with Crippen molar-refractivity contribution < 1.29 is 9.59 Å². The van der Waals surface area contributed by atoms with E-state index in [1.165, 1.54) is 0 Å². The number of benzene rings is 2. The van der Waals surface area contributed by atoms with Crippen molar-refractivity contribution in [3.8, 4) is 0 Å². The Morgan fingerprint density at radius 1 is 0.938 bits per heavy atom. The number of thiophene rings is 1. The number of amides is 3. The second kappa shape index (κ2) is 11.5. The molecule has 168 valence electrons. The van der Waals surface area contributed by atoms with Crippen molar-refractivity contribution in [3.05, 3.63) is 88.1 Å². The summed E-state index contributed by atoms with van der Waals surface area (Å²) in [6, 6.07) is 21.4. The first-order valence-electron chi connectivity index (χ1n) is 11.0. The summed E-state index contributed by atoms with van der Waals surface area (Å²) in [4.78, 5) is 31.0. The number of aryl methyl sites for hydroxylation is 1. The number of hydrogen-bond acceptors (Lipinski definition) is 3. The Morgan fingerprint density at radius 2 is 1.66 bits per heavy atom. The van der Waals surface area contributed by atoms with Crippen LogP contribution in [0.25, 0.3) is 0 Å². The van der Waals surface area contributed by atoms with Crippen molar-refractivity contribution in [2.45, 2.75) is 46.3 Å². The summed E-state index contributed by atoms with van der Waals surface area (Å²) in [5.74, 6) is -0.0742. The number of hydrogen-bond donors (Lipinski definition) is 1. The number of nitrogens with one attached hydrogen (secondary N) is 1. The van der Waals surface area contributed by atoms with E-state index >= 15 is 0 Å². The Kier molecular flexibility index (Phi) is 8.45. The van der Waals surface area contributed by atoms with Crippen molar-refractivity contribution in [3.63, 3.8) is 0 Å². The van der Waals surface area contributed by atoms with Crippen LogP contribution in [-0.2, 0) is 24.3 Å². The van der Waals surface area contributed by atoms with Crippen molar-refractivity contribution in [1.29, 1.82) is 0 Å². The van der Waals surface area contributed by atoms with Gasteiger partial charge in [-0.2, -0.15) is 0 Å². The molecule has 3 rings (SSSR count). The van der Waals surface area contributed by atoms with E-state index in [0.717, 1.165) is 28.1 Å². The smallest absolute Gasteiger partial charge is 0.322 e. The number of carbonyl (C=O) groups excluding carboxylic acids is 2. The molecule has 1 aromatic heterocycles. The number of carbonyl (C=O) groups is 2. The van der Waals surface area contributed by atoms with Crippen molar-refractivity contribution in [1.82, 2.24) is 9.80 Å². The van der Waals surface area contributed by atoms with Gasteiger partial charge < -0.3 is 15.1 Å². The molecule has 3 aromatic rings. The van der Waals surface area contributed by atoms with Crippen LogP contribution in [0, 0.1) is 0 Å². The minimum atomic E-state index is -0.259. The lowest BCUT2D eigenvalue weighted by molar-refractivity contribution is -0.133. The second-order valence-corrected chi connectivity index (χ2v) is 9.01. The van der Waals surface area contributed by atoms with Gasteiger partial charge in [-0.1, -0.05) is 61.5 Å². The Labute approximate surface area is 194 Å². The molecule has 0 bridgehead atoms. The summed E-state index contributed by atoms with van der Waals surface area (Å²) >= 11 is 1.63. The maximum absolute atomic E-state index is 13.4. The molecule has 0 aliphatic rings. The fraction of sp³-hybridized carbons (Fsp3) is 0.308. The summed E-state index contributed by atoms with van der Waals surface area (Å²) in [5, 5.41) is 5.01. The quantitative estimate of drug-likeness (QED) is 0.450. The van der Waals surface area contributed by atoms with Crippen molar-refractivity contribution >= 4 is 29.0 Å². The molecular formula is C26H31N3O2S. The fourth-order valence-corrected chi connectivity index (χ4v) is 4.22. The van der Waals surface area contributed by atoms with E-state index in [4.69, 9.17) is 0 Å². The van der Waals surface area contributed by atoms with Crippen LogP contribution in [0.15, 0.2) is 72.1 Å². The van der Waals surface area contributed by atoms with Crippen molar-refractivity contribution in [2.24, 2.45) is 0 Å². The zero-order valence-electron chi connectivity index (χ0n) is 19.0. The third-order valence-corrected chi connectivity index (χ3v) is 6.19. The molecule has 0 unspecified atom stereocenters. The van der Waals surface area contributed by atoms with E-state index in [-0.39, 0.29) is 24.5 Å². The SMILES string of the molecule is CCc1ccccc1NC(=O)N(CC(=O)N(Cc1ccccc1)Cc1cccs1)C(C)C. The minimum Gasteiger partial charge on any atom is -0.332 e. The molecule has 32 heavy (non-hydrogen) atoms. The average molecular weight is 450 g/mol. The fourth-order valence-electron chi connectivity index (χ4n) is 3.50. The number of rotatable bonds is 9. The monoisotopic (exact) mass is 449 g/mol. The van der Waals surface area contributed by atoms with E-state index in [1.807, 2.05) is 90.9 Å². The summed E-state index contributed by atoms with van der Waals surface area (Å²) in [7, 11) is 0. The molecule has 3 amide bonds. The van der Waals surface area contributed by atoms with Gasteiger partial charge in [0.2, 0.25) is 5.91 Å². The molecule has 1 N–H and O–H groups in total. The molecule has 0 aliphatic heterocycles. The van der Waals surface area contributed by atoms with Crippen LogP contribution in [0.1, 0.15) is 36.8 Å². The number of anilines is 1. The van der Waals surface area contributed by atoms with E-state index in [2.05, 4.69) is 12.2 Å². The number of para-hydroxylation sites is 1. The largest absolute Gasteiger partial charge is 0.332 e. The lowest BCUT2D eigenvalue weighted by Crippen LogP contribution is -2.47. The maximum Gasteiger partial charge on any atom is 0.322 e. The molecule has 0 fully saturated rings. The van der Waals surface area contributed by atoms with Gasteiger partial charge in [-0.25, -0.2) is 4.79 Å². The Morgan fingerprint density at radius 3 is 2.31 bits per heavy atom. The standard InChI is InChI=1S/C26H31N3O2S/c1-4-22-13-8-9-15-24(22)27-26(31)29(20(2)3)19-25(30)28(18-23-14-10-16-32-23)17-21-11-6-5-7-12-21/h5-16,20H,4,17-19H2,1-3H3,(H,27,31). The lowest BCUT2D eigenvalue weighted by Gasteiger charge is -2.30. The third kappa shape index (κ3) is 6.44. The van der Waals surface area contributed by atoms with Crippen LogP contribution in [-0.4, -0.2) is 34.3 Å². The van der Waals surface area contributed by atoms with Gasteiger partial charge in [0, 0.05) is 23.2 Å². The number of nitrogens with zero attached hydrogens (tertiary/aromatic N) is 2. The topological polar surface area (TPSA) is 52.7 Å². The first-order valence-corrected chi connectivity index (χ1v) is 11.9. The van der Waals surface area contributed by atoms with Crippen molar-refractivity contribution in [2.75, 3.05) is 11.9 Å². The van der Waals surface area contributed by atoms with Gasteiger partial charge in [-0.3, -0.25) is 4.79 Å². The molecule has 0 saturated heterocycles. The van der Waals surface area contributed by atoms with Gasteiger partial charge in [0.05, 0.1) is 6.54 Å². The normalized spacial score (nSPS) is 10.8. The zero-order chi connectivity index (χ0) is 22.9. The average Bonchev–Trinajstić information content (AvgIpc) is 3.31. The van der Waals surface area contributed by atoms with Gasteiger partial charge in [0.1, 0.15) is 6.54 Å². The summed E-state index contributed by atoms with van der Waals surface area (Å²) in [5.41, 5.74) is 2.92. The molecule has 0 spiro atoms. The molecule has 5 nitrogen and oxygen atoms in total. The lowest BCUT2D eigenvalue weighted by atomic mass is 10.1. The molecule has 2 aromatic carbocycles. The highest BCUT2D eigenvalue weighted by Crippen LogP contribution is 2.18. The summed E-state index contributed by atoms with van der Waals surface area (Å²) in [6.45, 7) is 6.97. The van der Waals surface area contributed by atoms with Gasteiger partial charge in [0.25, 0.3) is 0 Å². The Hall–Kier alpha value is -3.12. The molecule has 0 atom stereocenters. The first kappa shape index (κ1) is 23.5. The van der Waals surface area contributed by atoms with Gasteiger partial charge in [-0.05, 0) is 48.9 Å². The third-order valence-electron chi connectivity index (χ3n) is 5.33. The predicted molar refractivity (Wildman–Crippen MR) is 132 cm³/mol. The summed E-state index contributed by atoms with van der Waals surface area (Å²) in [6.07, 6.45) is 0.822. The zero-order valence-corrected chi connectivity index (χ0v) is 19.8. The van der Waals surface area contributed by atoms with Crippen LogP contribution in [0.4, 0.5) is 10.5 Å². The van der Waals surface area contributed by atoms with Gasteiger partial charge in [0.15, 0.2) is 0 Å². The van der Waals surface area contributed by atoms with Crippen LogP contribution >= 0.6 is 11.3 Å². The van der Waals surface area contributed by atoms with Crippen LogP contribution in [0.2, 0.25) is 0 Å². The molecular weight excluding hydrogens is 418 g/mol. The molecule has 0 radical (unpaired) electrons. The van der Waals surface area contributed by atoms with Gasteiger partial charge >= 0.3 is 6.03 Å². The molecule has 0 aliphatic carbocycles. The van der Waals surface area contributed by atoms with Crippen LogP contribution in [0.3, 0.4) is 0 Å². The van der Waals surface area contributed by atoms with E-state index in [9.17, 15) is 9.59 Å². The molecule has 0 saturated carbocycles. The Bertz CT molecular complexity index is 1000. The van der Waals surface area contributed by atoms with Crippen LogP contribution in [0.5, 0.6) is 0 Å². The van der Waals surface area contributed by atoms with E-state index < -0.39 is 0 Å². The highest BCUT2D eigenvalue weighted by atomic mass is 32.1. The Balaban J connectivity index is 1.75. The number of urea groups is 1. The van der Waals surface area contributed by atoms with Crippen LogP contribution < -0.4 is 5.32 Å². The highest BCUT2D eigenvalue weighted by molar-refractivity contribution is 7.09. The minimum absolute atomic E-state index is 0.0238. The first-order chi connectivity index (χ1) is 15.5. The predicted octanol–water partition coefficient (Wildman–Crippen LogP) is 5.78. The molecule has 6 heteroatoms. The maximum atomic E-state index is 13.4. The second-order valence-electron chi connectivity index (χ2n) is 7.98. The van der Waals surface area contributed by atoms with Gasteiger partial charge in [-0.15, -0.1) is 11.3 Å². The molecule has 1 heterocycles. The van der Waals surface area contributed by atoms with E-state index in [0.29, 0.717) is 13.1 Å². The summed E-state index contributed by atoms with van der Waals surface area (Å²) < 4.78 is 0. The highest BCUT2D eigenvalue weighted by Gasteiger charge is 2.24. The van der Waals surface area contributed by atoms with E-state index in [1.54, 1.807) is 16.2 Å².